The Morgan fingerprint density at radius 1 is 1.43 bits per heavy atom. The van der Waals surface area contributed by atoms with Gasteiger partial charge in [-0.15, -0.1) is 11.8 Å². The number of rotatable bonds is 5. The van der Waals surface area contributed by atoms with Crippen molar-refractivity contribution in [1.82, 2.24) is 14.9 Å². The van der Waals surface area contributed by atoms with Crippen molar-refractivity contribution < 1.29 is 0 Å². The normalized spacial score (nSPS) is 28.2. The van der Waals surface area contributed by atoms with Gasteiger partial charge < -0.3 is 4.98 Å². The van der Waals surface area contributed by atoms with Gasteiger partial charge in [0.05, 0.1) is 23.0 Å². The Labute approximate surface area is 130 Å². The summed E-state index contributed by atoms with van der Waals surface area (Å²) in [5.74, 6) is 2.63. The summed E-state index contributed by atoms with van der Waals surface area (Å²) < 4.78 is 0. The number of aromatic amines is 1. The van der Waals surface area contributed by atoms with Crippen molar-refractivity contribution in [2.24, 2.45) is 11.8 Å². The number of nitrogens with zero attached hydrogens (tertiary/aromatic N) is 2. The maximum atomic E-state index is 11.6. The SMILES string of the molecule is CC(C)CCSc1[nH]c(=O)cnc1C1CCC2CCN1C2. The minimum Gasteiger partial charge on any atom is -0.314 e. The van der Waals surface area contributed by atoms with E-state index in [0.717, 1.165) is 28.8 Å². The van der Waals surface area contributed by atoms with Crippen LogP contribution in [-0.2, 0) is 0 Å². The zero-order valence-electron chi connectivity index (χ0n) is 13.0. The first-order valence-electron chi connectivity index (χ1n) is 8.09. The summed E-state index contributed by atoms with van der Waals surface area (Å²) in [6.07, 6.45) is 6.43. The Hall–Kier alpha value is -0.810. The predicted molar refractivity (Wildman–Crippen MR) is 86.7 cm³/mol. The highest BCUT2D eigenvalue weighted by Gasteiger charge is 2.36. The fourth-order valence-electron chi connectivity index (χ4n) is 3.41. The molecule has 2 fully saturated rings. The van der Waals surface area contributed by atoms with Crippen molar-refractivity contribution in [2.45, 2.75) is 50.6 Å². The largest absolute Gasteiger partial charge is 0.314 e. The smallest absolute Gasteiger partial charge is 0.267 e. The number of nitrogens with one attached hydrogen (secondary N) is 1. The molecule has 3 atom stereocenters. The number of hydrogen-bond acceptors (Lipinski definition) is 4. The molecule has 3 unspecified atom stereocenters. The molecule has 2 aliphatic heterocycles. The number of aromatic nitrogens is 2. The summed E-state index contributed by atoms with van der Waals surface area (Å²) in [6, 6.07) is 0.405. The first-order chi connectivity index (χ1) is 10.1. The van der Waals surface area contributed by atoms with Gasteiger partial charge in [0, 0.05) is 6.54 Å². The van der Waals surface area contributed by atoms with E-state index in [9.17, 15) is 4.79 Å². The number of thioether (sulfide) groups is 1. The number of piperidine rings is 1. The predicted octanol–water partition coefficient (Wildman–Crippen LogP) is 3.06. The molecule has 2 saturated heterocycles. The van der Waals surface area contributed by atoms with Gasteiger partial charge in [-0.1, -0.05) is 13.8 Å². The minimum atomic E-state index is -0.0825. The molecule has 1 aromatic rings. The zero-order chi connectivity index (χ0) is 14.8. The summed E-state index contributed by atoms with van der Waals surface area (Å²) in [6.45, 7) is 6.87. The van der Waals surface area contributed by atoms with Gasteiger partial charge in [0.1, 0.15) is 0 Å². The van der Waals surface area contributed by atoms with Crippen molar-refractivity contribution in [3.05, 3.63) is 22.2 Å². The van der Waals surface area contributed by atoms with Crippen LogP contribution in [0.1, 0.15) is 51.3 Å². The monoisotopic (exact) mass is 307 g/mol. The van der Waals surface area contributed by atoms with Crippen LogP contribution < -0.4 is 5.56 Å². The molecular weight excluding hydrogens is 282 g/mol. The maximum Gasteiger partial charge on any atom is 0.267 e. The molecule has 4 nitrogen and oxygen atoms in total. The second-order valence-electron chi connectivity index (χ2n) is 6.74. The lowest BCUT2D eigenvalue weighted by Gasteiger charge is -2.32. The Morgan fingerprint density at radius 2 is 2.29 bits per heavy atom. The van der Waals surface area contributed by atoms with E-state index in [4.69, 9.17) is 0 Å². The van der Waals surface area contributed by atoms with Crippen LogP contribution >= 0.6 is 11.8 Å². The van der Waals surface area contributed by atoms with Crippen LogP contribution in [0.25, 0.3) is 0 Å². The Bertz CT molecular complexity index is 543. The second-order valence-corrected chi connectivity index (χ2v) is 7.84. The van der Waals surface area contributed by atoms with Gasteiger partial charge in [-0.3, -0.25) is 14.7 Å². The van der Waals surface area contributed by atoms with Crippen molar-refractivity contribution in [3.63, 3.8) is 0 Å². The topological polar surface area (TPSA) is 49.0 Å². The molecule has 1 aromatic heterocycles. The highest BCUT2D eigenvalue weighted by Crippen LogP contribution is 2.40. The van der Waals surface area contributed by atoms with Crippen LogP contribution in [-0.4, -0.2) is 33.7 Å². The summed E-state index contributed by atoms with van der Waals surface area (Å²) in [5, 5.41) is 0.999. The summed E-state index contributed by atoms with van der Waals surface area (Å²) >= 11 is 1.76. The summed E-state index contributed by atoms with van der Waals surface area (Å²) in [7, 11) is 0. The third-order valence-corrected chi connectivity index (χ3v) is 5.69. The van der Waals surface area contributed by atoms with Crippen molar-refractivity contribution in [2.75, 3.05) is 18.8 Å². The maximum absolute atomic E-state index is 11.6. The van der Waals surface area contributed by atoms with E-state index >= 15 is 0 Å². The first-order valence-corrected chi connectivity index (χ1v) is 9.08. The van der Waals surface area contributed by atoms with E-state index in [1.54, 1.807) is 11.8 Å². The molecule has 2 bridgehead atoms. The van der Waals surface area contributed by atoms with Gasteiger partial charge in [0.25, 0.3) is 5.56 Å². The van der Waals surface area contributed by atoms with E-state index in [2.05, 4.69) is 28.7 Å². The molecular formula is C16H25N3OS. The molecule has 3 heterocycles. The lowest BCUT2D eigenvalue weighted by molar-refractivity contribution is 0.175. The molecule has 116 valence electrons. The lowest BCUT2D eigenvalue weighted by atomic mass is 9.95. The highest BCUT2D eigenvalue weighted by molar-refractivity contribution is 7.99. The van der Waals surface area contributed by atoms with Crippen LogP contribution in [0.4, 0.5) is 0 Å². The fourth-order valence-corrected chi connectivity index (χ4v) is 4.71. The average molecular weight is 307 g/mol. The van der Waals surface area contributed by atoms with E-state index in [0.29, 0.717) is 12.0 Å². The number of H-pyrrole nitrogens is 1. The number of hydrogen-bond donors (Lipinski definition) is 1. The molecule has 0 aromatic carbocycles. The van der Waals surface area contributed by atoms with Gasteiger partial charge in [-0.25, -0.2) is 0 Å². The second kappa shape index (κ2) is 6.53. The van der Waals surface area contributed by atoms with Crippen LogP contribution in [0.5, 0.6) is 0 Å². The Balaban J connectivity index is 1.78. The van der Waals surface area contributed by atoms with Crippen LogP contribution in [0.2, 0.25) is 0 Å². The Morgan fingerprint density at radius 3 is 3.10 bits per heavy atom. The quantitative estimate of drug-likeness (QED) is 0.849. The van der Waals surface area contributed by atoms with Crippen molar-refractivity contribution >= 4 is 11.8 Å². The molecule has 1 N–H and O–H groups in total. The van der Waals surface area contributed by atoms with Crippen LogP contribution in [0.15, 0.2) is 16.0 Å². The average Bonchev–Trinajstić information content (AvgIpc) is 2.82. The number of fused-ring (bicyclic) bond motifs is 2. The van der Waals surface area contributed by atoms with Gasteiger partial charge in [-0.2, -0.15) is 0 Å². The Kier molecular flexibility index (Phi) is 4.69. The van der Waals surface area contributed by atoms with Crippen LogP contribution in [0, 0.1) is 11.8 Å². The van der Waals surface area contributed by atoms with Crippen LogP contribution in [0.3, 0.4) is 0 Å². The molecule has 2 aliphatic rings. The minimum absolute atomic E-state index is 0.0825. The fraction of sp³-hybridized carbons (Fsp3) is 0.750. The van der Waals surface area contributed by atoms with Crippen molar-refractivity contribution in [1.29, 1.82) is 0 Å². The van der Waals surface area contributed by atoms with E-state index in [1.807, 2.05) is 0 Å². The molecule has 5 heteroatoms. The molecule has 0 amide bonds. The van der Waals surface area contributed by atoms with E-state index in [1.165, 1.54) is 38.5 Å². The third-order valence-electron chi connectivity index (χ3n) is 4.65. The molecule has 0 spiro atoms. The zero-order valence-corrected chi connectivity index (χ0v) is 13.8. The molecule has 0 saturated carbocycles. The highest BCUT2D eigenvalue weighted by atomic mass is 32.2. The lowest BCUT2D eigenvalue weighted by Crippen LogP contribution is -2.32. The van der Waals surface area contributed by atoms with Gasteiger partial charge >= 0.3 is 0 Å². The summed E-state index contributed by atoms with van der Waals surface area (Å²) in [5.41, 5.74) is 1.02. The molecule has 3 rings (SSSR count). The molecule has 21 heavy (non-hydrogen) atoms. The van der Waals surface area contributed by atoms with Gasteiger partial charge in [-0.05, 0) is 49.8 Å². The van der Waals surface area contributed by atoms with Crippen molar-refractivity contribution in [3.8, 4) is 0 Å². The third kappa shape index (κ3) is 3.51. The van der Waals surface area contributed by atoms with Gasteiger partial charge in [0.15, 0.2) is 0 Å². The molecule has 0 radical (unpaired) electrons. The van der Waals surface area contributed by atoms with E-state index < -0.39 is 0 Å². The standard InChI is InChI=1S/C16H25N3OS/c1-11(2)6-8-21-16-15(17-9-14(20)18-16)13-4-3-12-5-7-19(13)10-12/h9,11-13H,3-8,10H2,1-2H3,(H,18,20). The van der Waals surface area contributed by atoms with Gasteiger partial charge in [0.2, 0.25) is 0 Å². The summed E-state index contributed by atoms with van der Waals surface area (Å²) in [4.78, 5) is 21.7. The van der Waals surface area contributed by atoms with E-state index in [-0.39, 0.29) is 5.56 Å². The first kappa shape index (κ1) is 15.1. The molecule has 0 aliphatic carbocycles.